The van der Waals surface area contributed by atoms with Crippen molar-refractivity contribution in [1.82, 2.24) is 20.4 Å². The van der Waals surface area contributed by atoms with Gasteiger partial charge >= 0.3 is 0 Å². The van der Waals surface area contributed by atoms with Gasteiger partial charge in [-0.15, -0.1) is 0 Å². The van der Waals surface area contributed by atoms with Crippen molar-refractivity contribution in [2.75, 3.05) is 46.3 Å². The summed E-state index contributed by atoms with van der Waals surface area (Å²) in [6.45, 7) is 11.6. The number of hydrogen-bond acceptors (Lipinski definition) is 3. The second-order valence-electron chi connectivity index (χ2n) is 6.74. The summed E-state index contributed by atoms with van der Waals surface area (Å²) in [4.78, 5) is 20.0. The van der Waals surface area contributed by atoms with Gasteiger partial charge in [0.2, 0.25) is 5.91 Å². The van der Waals surface area contributed by atoms with Gasteiger partial charge in [0, 0.05) is 59.3 Å². The molecule has 1 saturated heterocycles. The standard InChI is InChI=1S/C18H37N5O/c1-5-6-7-8-9-16(2)21-18(19-4)20-10-11-22-12-14-23(15-13-22)17(3)24/h16H,5-15H2,1-4H3,(H2,19,20,21). The van der Waals surface area contributed by atoms with Crippen LogP contribution in [0.5, 0.6) is 0 Å². The fourth-order valence-corrected chi connectivity index (χ4v) is 3.00. The Morgan fingerprint density at radius 2 is 1.88 bits per heavy atom. The first-order chi connectivity index (χ1) is 11.6. The molecule has 1 rings (SSSR count). The van der Waals surface area contributed by atoms with Crippen molar-refractivity contribution >= 4 is 11.9 Å². The lowest BCUT2D eigenvalue weighted by molar-refractivity contribution is -0.130. The molecule has 0 aromatic heterocycles. The molecule has 2 N–H and O–H groups in total. The molecule has 1 aliphatic rings. The Bertz CT molecular complexity index is 378. The number of rotatable bonds is 9. The van der Waals surface area contributed by atoms with E-state index in [1.54, 1.807) is 6.92 Å². The zero-order valence-electron chi connectivity index (χ0n) is 16.1. The van der Waals surface area contributed by atoms with Gasteiger partial charge in [-0.3, -0.25) is 14.7 Å². The molecule has 0 saturated carbocycles. The first-order valence-electron chi connectivity index (χ1n) is 9.51. The summed E-state index contributed by atoms with van der Waals surface area (Å²) < 4.78 is 0. The van der Waals surface area contributed by atoms with Crippen LogP contribution in [0, 0.1) is 0 Å². The zero-order chi connectivity index (χ0) is 17.8. The molecule has 0 spiro atoms. The lowest BCUT2D eigenvalue weighted by atomic mass is 10.1. The molecular formula is C18H37N5O. The highest BCUT2D eigenvalue weighted by molar-refractivity contribution is 5.79. The smallest absolute Gasteiger partial charge is 0.219 e. The molecule has 1 atom stereocenters. The maximum atomic E-state index is 11.3. The topological polar surface area (TPSA) is 60.0 Å². The minimum Gasteiger partial charge on any atom is -0.355 e. The Kier molecular flexibility index (Phi) is 10.5. The Morgan fingerprint density at radius 3 is 2.46 bits per heavy atom. The van der Waals surface area contributed by atoms with E-state index in [2.05, 4.69) is 34.4 Å². The third-order valence-corrected chi connectivity index (χ3v) is 4.64. The Morgan fingerprint density at radius 1 is 1.17 bits per heavy atom. The van der Waals surface area contributed by atoms with E-state index in [1.165, 1.54) is 32.1 Å². The largest absolute Gasteiger partial charge is 0.355 e. The molecule has 0 bridgehead atoms. The number of guanidine groups is 1. The molecule has 1 unspecified atom stereocenters. The van der Waals surface area contributed by atoms with Gasteiger partial charge in [-0.05, 0) is 13.3 Å². The molecule has 140 valence electrons. The van der Waals surface area contributed by atoms with Crippen molar-refractivity contribution in [3.8, 4) is 0 Å². The highest BCUT2D eigenvalue weighted by atomic mass is 16.2. The van der Waals surface area contributed by atoms with Gasteiger partial charge in [0.05, 0.1) is 0 Å². The predicted molar refractivity (Wildman–Crippen MR) is 101 cm³/mol. The number of nitrogens with zero attached hydrogens (tertiary/aromatic N) is 3. The summed E-state index contributed by atoms with van der Waals surface area (Å²) in [5.74, 6) is 1.07. The SMILES string of the molecule is CCCCCCC(C)NC(=NC)NCCN1CCN(C(C)=O)CC1. The fourth-order valence-electron chi connectivity index (χ4n) is 3.00. The van der Waals surface area contributed by atoms with Crippen molar-refractivity contribution in [2.45, 2.75) is 58.9 Å². The van der Waals surface area contributed by atoms with Crippen LogP contribution in [-0.2, 0) is 4.79 Å². The lowest BCUT2D eigenvalue weighted by Gasteiger charge is -2.34. The van der Waals surface area contributed by atoms with Gasteiger partial charge in [-0.1, -0.05) is 32.6 Å². The van der Waals surface area contributed by atoms with E-state index < -0.39 is 0 Å². The number of amides is 1. The number of hydrogen-bond donors (Lipinski definition) is 2. The first kappa shape index (κ1) is 20.7. The maximum absolute atomic E-state index is 11.3. The van der Waals surface area contributed by atoms with Crippen LogP contribution < -0.4 is 10.6 Å². The summed E-state index contributed by atoms with van der Waals surface area (Å²) in [6.07, 6.45) is 6.40. The van der Waals surface area contributed by atoms with E-state index in [4.69, 9.17) is 0 Å². The average Bonchev–Trinajstić information content (AvgIpc) is 2.58. The summed E-state index contributed by atoms with van der Waals surface area (Å²) in [6, 6.07) is 0.451. The van der Waals surface area contributed by atoms with Gasteiger partial charge in [0.15, 0.2) is 5.96 Å². The first-order valence-corrected chi connectivity index (χ1v) is 9.51. The second-order valence-corrected chi connectivity index (χ2v) is 6.74. The summed E-state index contributed by atoms with van der Waals surface area (Å²) in [5, 5.41) is 6.87. The number of nitrogens with one attached hydrogen (secondary N) is 2. The third kappa shape index (κ3) is 8.52. The molecule has 24 heavy (non-hydrogen) atoms. The predicted octanol–water partition coefficient (Wildman–Crippen LogP) is 1.67. The average molecular weight is 340 g/mol. The number of carbonyl (C=O) groups is 1. The van der Waals surface area contributed by atoms with Crippen LogP contribution in [0.25, 0.3) is 0 Å². The molecule has 0 radical (unpaired) electrons. The normalized spacial score (nSPS) is 17.7. The summed E-state index contributed by atoms with van der Waals surface area (Å²) >= 11 is 0. The molecule has 1 amide bonds. The van der Waals surface area contributed by atoms with Crippen LogP contribution >= 0.6 is 0 Å². The third-order valence-electron chi connectivity index (χ3n) is 4.64. The van der Waals surface area contributed by atoms with Gasteiger partial charge in [0.1, 0.15) is 0 Å². The zero-order valence-corrected chi connectivity index (χ0v) is 16.1. The number of unbranched alkanes of at least 4 members (excludes halogenated alkanes) is 3. The number of aliphatic imine (C=N–C) groups is 1. The highest BCUT2D eigenvalue weighted by Gasteiger charge is 2.17. The van der Waals surface area contributed by atoms with Gasteiger partial charge < -0.3 is 15.5 Å². The molecule has 0 aliphatic carbocycles. The van der Waals surface area contributed by atoms with E-state index >= 15 is 0 Å². The quantitative estimate of drug-likeness (QED) is 0.381. The van der Waals surface area contributed by atoms with Crippen molar-refractivity contribution in [2.24, 2.45) is 4.99 Å². The lowest BCUT2D eigenvalue weighted by Crippen LogP contribution is -2.50. The van der Waals surface area contributed by atoms with Crippen LogP contribution in [0.1, 0.15) is 52.9 Å². The van der Waals surface area contributed by atoms with E-state index in [0.717, 1.165) is 45.2 Å². The van der Waals surface area contributed by atoms with Gasteiger partial charge in [0.25, 0.3) is 0 Å². The van der Waals surface area contributed by atoms with Crippen LogP contribution in [0.2, 0.25) is 0 Å². The summed E-state index contributed by atoms with van der Waals surface area (Å²) in [5.41, 5.74) is 0. The number of piperazine rings is 1. The van der Waals surface area contributed by atoms with Crippen LogP contribution in [0.15, 0.2) is 4.99 Å². The molecule has 1 heterocycles. The summed E-state index contributed by atoms with van der Waals surface area (Å²) in [7, 11) is 1.82. The van der Waals surface area contributed by atoms with Crippen LogP contribution in [0.3, 0.4) is 0 Å². The molecule has 0 aromatic carbocycles. The highest BCUT2D eigenvalue weighted by Crippen LogP contribution is 2.05. The van der Waals surface area contributed by atoms with E-state index in [1.807, 2.05) is 11.9 Å². The monoisotopic (exact) mass is 339 g/mol. The minimum absolute atomic E-state index is 0.185. The van der Waals surface area contributed by atoms with E-state index in [9.17, 15) is 4.79 Å². The molecule has 6 heteroatoms. The Balaban J connectivity index is 2.15. The second kappa shape index (κ2) is 12.1. The van der Waals surface area contributed by atoms with E-state index in [-0.39, 0.29) is 5.91 Å². The minimum atomic E-state index is 0.185. The molecule has 1 aliphatic heterocycles. The molecular weight excluding hydrogens is 302 g/mol. The Hall–Kier alpha value is -1.30. The maximum Gasteiger partial charge on any atom is 0.219 e. The fraction of sp³-hybridized carbons (Fsp3) is 0.889. The number of carbonyl (C=O) groups excluding carboxylic acids is 1. The molecule has 1 fully saturated rings. The molecule has 0 aromatic rings. The van der Waals surface area contributed by atoms with Crippen molar-refractivity contribution in [1.29, 1.82) is 0 Å². The van der Waals surface area contributed by atoms with E-state index in [0.29, 0.717) is 6.04 Å². The van der Waals surface area contributed by atoms with Crippen LogP contribution in [-0.4, -0.2) is 74.0 Å². The van der Waals surface area contributed by atoms with Crippen molar-refractivity contribution in [3.63, 3.8) is 0 Å². The van der Waals surface area contributed by atoms with Gasteiger partial charge in [-0.2, -0.15) is 0 Å². The van der Waals surface area contributed by atoms with Crippen molar-refractivity contribution in [3.05, 3.63) is 0 Å². The molecule has 6 nitrogen and oxygen atoms in total. The Labute approximate surface area is 148 Å². The van der Waals surface area contributed by atoms with Gasteiger partial charge in [-0.25, -0.2) is 0 Å². The van der Waals surface area contributed by atoms with Crippen LogP contribution in [0.4, 0.5) is 0 Å². The van der Waals surface area contributed by atoms with Crippen molar-refractivity contribution < 1.29 is 4.79 Å².